The molecular formula is C21H28N2O2. The van der Waals surface area contributed by atoms with E-state index >= 15 is 0 Å². The van der Waals surface area contributed by atoms with Crippen LogP contribution in [0.3, 0.4) is 0 Å². The summed E-state index contributed by atoms with van der Waals surface area (Å²) in [4.78, 5) is 5.20. The summed E-state index contributed by atoms with van der Waals surface area (Å²) in [6.07, 6.45) is 3.45. The van der Waals surface area contributed by atoms with E-state index in [2.05, 4.69) is 46.2 Å². The van der Waals surface area contributed by atoms with Crippen LogP contribution in [0.15, 0.2) is 36.4 Å². The maximum absolute atomic E-state index is 9.55. The molecule has 4 heteroatoms. The third-order valence-electron chi connectivity index (χ3n) is 5.95. The SMILES string of the molecule is COc1ccc2ccccc2c1CN1CC2CCCN2C[C@@H]1CCO. The zero-order valence-corrected chi connectivity index (χ0v) is 15.0. The van der Waals surface area contributed by atoms with Crippen molar-refractivity contribution in [1.82, 2.24) is 9.80 Å². The number of methoxy groups -OCH3 is 1. The normalized spacial score (nSPS) is 24.6. The Hall–Kier alpha value is -1.62. The second kappa shape index (κ2) is 7.32. The lowest BCUT2D eigenvalue weighted by molar-refractivity contribution is 0.0332. The molecular weight excluding hydrogens is 312 g/mol. The fourth-order valence-electron chi connectivity index (χ4n) is 4.64. The zero-order valence-electron chi connectivity index (χ0n) is 15.0. The molecule has 2 aliphatic heterocycles. The van der Waals surface area contributed by atoms with Crippen LogP contribution in [0.25, 0.3) is 10.8 Å². The third kappa shape index (κ3) is 3.26. The average Bonchev–Trinajstić information content (AvgIpc) is 3.09. The number of benzene rings is 2. The summed E-state index contributed by atoms with van der Waals surface area (Å²) in [6, 6.07) is 13.9. The zero-order chi connectivity index (χ0) is 17.2. The number of hydrogen-bond acceptors (Lipinski definition) is 4. The highest BCUT2D eigenvalue weighted by atomic mass is 16.5. The predicted octanol–water partition coefficient (Wildman–Crippen LogP) is 2.88. The summed E-state index contributed by atoms with van der Waals surface area (Å²) in [5.74, 6) is 0.968. The molecule has 2 saturated heterocycles. The number of ether oxygens (including phenoxy) is 1. The Morgan fingerprint density at radius 1 is 1.16 bits per heavy atom. The Bertz CT molecular complexity index is 733. The first-order valence-corrected chi connectivity index (χ1v) is 9.43. The first-order valence-electron chi connectivity index (χ1n) is 9.43. The monoisotopic (exact) mass is 340 g/mol. The van der Waals surface area contributed by atoms with Gasteiger partial charge in [0.25, 0.3) is 0 Å². The van der Waals surface area contributed by atoms with Gasteiger partial charge in [-0.15, -0.1) is 0 Å². The number of fused-ring (bicyclic) bond motifs is 2. The molecule has 0 amide bonds. The van der Waals surface area contributed by atoms with E-state index in [-0.39, 0.29) is 6.61 Å². The van der Waals surface area contributed by atoms with Gasteiger partial charge >= 0.3 is 0 Å². The number of hydrogen-bond donors (Lipinski definition) is 1. The summed E-state index contributed by atoms with van der Waals surface area (Å²) < 4.78 is 5.69. The van der Waals surface area contributed by atoms with Gasteiger partial charge in [-0.2, -0.15) is 0 Å². The summed E-state index contributed by atoms with van der Waals surface area (Å²) in [5, 5.41) is 12.1. The van der Waals surface area contributed by atoms with Crippen molar-refractivity contribution in [3.05, 3.63) is 42.0 Å². The van der Waals surface area contributed by atoms with Gasteiger partial charge in [-0.05, 0) is 42.6 Å². The van der Waals surface area contributed by atoms with Crippen molar-refractivity contribution in [2.45, 2.75) is 37.9 Å². The fraction of sp³-hybridized carbons (Fsp3) is 0.524. The Balaban J connectivity index is 1.66. The minimum absolute atomic E-state index is 0.256. The quantitative estimate of drug-likeness (QED) is 0.908. The highest BCUT2D eigenvalue weighted by Gasteiger charge is 2.36. The molecule has 134 valence electrons. The molecule has 0 radical (unpaired) electrons. The summed E-state index contributed by atoms with van der Waals surface area (Å²) in [6.45, 7) is 4.54. The van der Waals surface area contributed by atoms with Crippen molar-refractivity contribution in [3.63, 3.8) is 0 Å². The van der Waals surface area contributed by atoms with Crippen molar-refractivity contribution in [1.29, 1.82) is 0 Å². The van der Waals surface area contributed by atoms with Gasteiger partial charge in [-0.1, -0.05) is 30.3 Å². The van der Waals surface area contributed by atoms with Crippen LogP contribution in [0, 0.1) is 0 Å². The molecule has 2 aromatic rings. The number of aliphatic hydroxyl groups is 1. The molecule has 0 aliphatic carbocycles. The molecule has 1 unspecified atom stereocenters. The molecule has 2 aromatic carbocycles. The molecule has 0 saturated carbocycles. The van der Waals surface area contributed by atoms with Crippen LogP contribution >= 0.6 is 0 Å². The van der Waals surface area contributed by atoms with Crippen LogP contribution in [-0.2, 0) is 6.54 Å². The fourth-order valence-corrected chi connectivity index (χ4v) is 4.64. The van der Waals surface area contributed by atoms with Crippen molar-refractivity contribution in [3.8, 4) is 5.75 Å². The molecule has 2 fully saturated rings. The number of rotatable bonds is 5. The smallest absolute Gasteiger partial charge is 0.123 e. The van der Waals surface area contributed by atoms with E-state index in [1.807, 2.05) is 0 Å². The molecule has 0 spiro atoms. The first kappa shape index (κ1) is 16.8. The van der Waals surface area contributed by atoms with E-state index in [1.54, 1.807) is 7.11 Å². The lowest BCUT2D eigenvalue weighted by Gasteiger charge is -2.44. The van der Waals surface area contributed by atoms with Gasteiger partial charge in [0.1, 0.15) is 5.75 Å². The number of piperazine rings is 1. The van der Waals surface area contributed by atoms with Crippen LogP contribution in [0.2, 0.25) is 0 Å². The van der Waals surface area contributed by atoms with Crippen LogP contribution in [0.1, 0.15) is 24.8 Å². The van der Waals surface area contributed by atoms with E-state index in [9.17, 15) is 5.11 Å². The largest absolute Gasteiger partial charge is 0.496 e. The molecule has 0 aromatic heterocycles. The van der Waals surface area contributed by atoms with Gasteiger partial charge in [0, 0.05) is 43.9 Å². The Kier molecular flexibility index (Phi) is 4.93. The number of nitrogens with zero attached hydrogens (tertiary/aromatic N) is 2. The van der Waals surface area contributed by atoms with Crippen LogP contribution in [0.5, 0.6) is 5.75 Å². The van der Waals surface area contributed by atoms with Crippen LogP contribution in [0.4, 0.5) is 0 Å². The molecule has 2 heterocycles. The lowest BCUT2D eigenvalue weighted by atomic mass is 9.99. The van der Waals surface area contributed by atoms with E-state index in [0.717, 1.165) is 31.8 Å². The van der Waals surface area contributed by atoms with Gasteiger partial charge in [0.2, 0.25) is 0 Å². The van der Waals surface area contributed by atoms with Crippen LogP contribution in [-0.4, -0.2) is 60.3 Å². The summed E-state index contributed by atoms with van der Waals surface area (Å²) in [5.41, 5.74) is 1.27. The first-order chi connectivity index (χ1) is 12.3. The highest BCUT2D eigenvalue weighted by molar-refractivity contribution is 5.87. The summed E-state index contributed by atoms with van der Waals surface area (Å²) >= 11 is 0. The van der Waals surface area contributed by atoms with Gasteiger partial charge in [0.15, 0.2) is 0 Å². The van der Waals surface area contributed by atoms with Crippen molar-refractivity contribution in [2.75, 3.05) is 33.4 Å². The second-order valence-corrected chi connectivity index (χ2v) is 7.35. The topological polar surface area (TPSA) is 35.9 Å². The standard InChI is InChI=1S/C21H28N2O2/c1-25-21-9-8-16-5-2-3-7-19(16)20(21)15-23-14-17-6-4-11-22(17)13-18(23)10-12-24/h2-3,5,7-9,17-18,24H,4,6,10-15H2,1H3/t17?,18-/m0/s1. The Morgan fingerprint density at radius 3 is 2.88 bits per heavy atom. The second-order valence-electron chi connectivity index (χ2n) is 7.35. The van der Waals surface area contributed by atoms with E-state index < -0.39 is 0 Å². The molecule has 4 rings (SSSR count). The molecule has 2 aliphatic rings. The molecule has 2 atom stereocenters. The minimum Gasteiger partial charge on any atom is -0.496 e. The third-order valence-corrected chi connectivity index (χ3v) is 5.95. The van der Waals surface area contributed by atoms with Gasteiger partial charge in [-0.25, -0.2) is 0 Å². The predicted molar refractivity (Wildman–Crippen MR) is 101 cm³/mol. The van der Waals surface area contributed by atoms with Gasteiger partial charge in [-0.3, -0.25) is 9.80 Å². The van der Waals surface area contributed by atoms with E-state index in [1.165, 1.54) is 35.7 Å². The molecule has 4 nitrogen and oxygen atoms in total. The Labute approximate surface area is 150 Å². The van der Waals surface area contributed by atoms with Crippen molar-refractivity contribution >= 4 is 10.8 Å². The highest BCUT2D eigenvalue weighted by Crippen LogP contribution is 2.32. The minimum atomic E-state index is 0.256. The van der Waals surface area contributed by atoms with Gasteiger partial charge < -0.3 is 9.84 Å². The van der Waals surface area contributed by atoms with E-state index in [0.29, 0.717) is 12.1 Å². The van der Waals surface area contributed by atoms with Crippen molar-refractivity contribution < 1.29 is 9.84 Å². The van der Waals surface area contributed by atoms with Crippen molar-refractivity contribution in [2.24, 2.45) is 0 Å². The van der Waals surface area contributed by atoms with Gasteiger partial charge in [0.05, 0.1) is 7.11 Å². The Morgan fingerprint density at radius 2 is 2.04 bits per heavy atom. The number of aliphatic hydroxyl groups excluding tert-OH is 1. The molecule has 0 bridgehead atoms. The van der Waals surface area contributed by atoms with Crippen LogP contribution < -0.4 is 4.74 Å². The van der Waals surface area contributed by atoms with E-state index in [4.69, 9.17) is 4.74 Å². The molecule has 1 N–H and O–H groups in total. The molecule has 25 heavy (non-hydrogen) atoms. The maximum atomic E-state index is 9.55. The maximum Gasteiger partial charge on any atom is 0.123 e. The summed E-state index contributed by atoms with van der Waals surface area (Å²) in [7, 11) is 1.76. The lowest BCUT2D eigenvalue weighted by Crippen LogP contribution is -2.55. The average molecular weight is 340 g/mol.